The standard InChI is InChI=1S/C10H13NO2/c1-10(2,9(12)13)7-5-3-4-6-8(7)11/h3-6H,11H2,1-2H3,(H,12,13). The monoisotopic (exact) mass is 179 g/mol. The fourth-order valence-corrected chi connectivity index (χ4v) is 1.18. The third-order valence-corrected chi connectivity index (χ3v) is 2.17. The molecule has 0 aliphatic rings. The van der Waals surface area contributed by atoms with Gasteiger partial charge in [-0.3, -0.25) is 4.79 Å². The van der Waals surface area contributed by atoms with Gasteiger partial charge in [0.1, 0.15) is 0 Å². The highest BCUT2D eigenvalue weighted by atomic mass is 16.4. The lowest BCUT2D eigenvalue weighted by Crippen LogP contribution is -2.29. The molecule has 0 atom stereocenters. The van der Waals surface area contributed by atoms with Gasteiger partial charge in [0.25, 0.3) is 0 Å². The van der Waals surface area contributed by atoms with Crippen LogP contribution in [0.2, 0.25) is 0 Å². The van der Waals surface area contributed by atoms with Gasteiger partial charge in [0.15, 0.2) is 0 Å². The second-order valence-corrected chi connectivity index (χ2v) is 3.52. The van der Waals surface area contributed by atoms with E-state index in [2.05, 4.69) is 0 Å². The second kappa shape index (κ2) is 3.09. The van der Waals surface area contributed by atoms with Gasteiger partial charge in [-0.2, -0.15) is 0 Å². The number of hydrogen-bond acceptors (Lipinski definition) is 2. The van der Waals surface area contributed by atoms with E-state index in [1.807, 2.05) is 0 Å². The summed E-state index contributed by atoms with van der Waals surface area (Å²) in [5.74, 6) is -0.870. The van der Waals surface area contributed by atoms with Gasteiger partial charge < -0.3 is 10.8 Å². The molecule has 0 amide bonds. The van der Waals surface area contributed by atoms with E-state index in [1.165, 1.54) is 0 Å². The Kier molecular flexibility index (Phi) is 2.28. The van der Waals surface area contributed by atoms with Gasteiger partial charge in [0.05, 0.1) is 5.41 Å². The first kappa shape index (κ1) is 9.58. The molecule has 0 radical (unpaired) electrons. The molecule has 0 heterocycles. The molecule has 0 aromatic heterocycles. The van der Waals surface area contributed by atoms with Crippen molar-refractivity contribution in [2.75, 3.05) is 5.73 Å². The number of carbonyl (C=O) groups is 1. The number of carboxylic acids is 1. The van der Waals surface area contributed by atoms with E-state index in [1.54, 1.807) is 38.1 Å². The van der Waals surface area contributed by atoms with Gasteiger partial charge in [-0.1, -0.05) is 18.2 Å². The Labute approximate surface area is 77.2 Å². The minimum absolute atomic E-state index is 0.523. The van der Waals surface area contributed by atoms with Crippen molar-refractivity contribution < 1.29 is 9.90 Å². The van der Waals surface area contributed by atoms with Crippen LogP contribution in [0.3, 0.4) is 0 Å². The number of carboxylic acid groups (broad SMARTS) is 1. The van der Waals surface area contributed by atoms with E-state index in [0.29, 0.717) is 11.3 Å². The summed E-state index contributed by atoms with van der Waals surface area (Å²) in [6.07, 6.45) is 0. The first-order valence-electron chi connectivity index (χ1n) is 4.04. The lowest BCUT2D eigenvalue weighted by atomic mass is 9.84. The molecule has 0 saturated heterocycles. The minimum Gasteiger partial charge on any atom is -0.481 e. The lowest BCUT2D eigenvalue weighted by molar-refractivity contribution is -0.142. The van der Waals surface area contributed by atoms with Crippen LogP contribution >= 0.6 is 0 Å². The Balaban J connectivity index is 3.22. The van der Waals surface area contributed by atoms with E-state index in [4.69, 9.17) is 10.8 Å². The maximum atomic E-state index is 10.9. The van der Waals surface area contributed by atoms with Crippen molar-refractivity contribution in [2.24, 2.45) is 0 Å². The number of para-hydroxylation sites is 1. The normalized spacial score (nSPS) is 11.2. The van der Waals surface area contributed by atoms with Crippen molar-refractivity contribution in [3.05, 3.63) is 29.8 Å². The van der Waals surface area contributed by atoms with Crippen molar-refractivity contribution in [1.29, 1.82) is 0 Å². The molecular weight excluding hydrogens is 166 g/mol. The van der Waals surface area contributed by atoms with Gasteiger partial charge in [-0.05, 0) is 25.5 Å². The van der Waals surface area contributed by atoms with Crippen molar-refractivity contribution in [1.82, 2.24) is 0 Å². The highest BCUT2D eigenvalue weighted by Crippen LogP contribution is 2.27. The maximum absolute atomic E-state index is 10.9. The van der Waals surface area contributed by atoms with Crippen LogP contribution in [0.4, 0.5) is 5.69 Å². The molecule has 0 bridgehead atoms. The summed E-state index contributed by atoms with van der Waals surface area (Å²) >= 11 is 0. The van der Waals surface area contributed by atoms with Gasteiger partial charge in [-0.15, -0.1) is 0 Å². The molecule has 70 valence electrons. The lowest BCUT2D eigenvalue weighted by Gasteiger charge is -2.21. The average Bonchev–Trinajstić information content (AvgIpc) is 2.04. The number of nitrogens with two attached hydrogens (primary N) is 1. The Hall–Kier alpha value is -1.51. The van der Waals surface area contributed by atoms with Crippen LogP contribution in [0.25, 0.3) is 0 Å². The van der Waals surface area contributed by atoms with Crippen molar-refractivity contribution in [3.8, 4) is 0 Å². The zero-order chi connectivity index (χ0) is 10.1. The topological polar surface area (TPSA) is 63.3 Å². The number of nitrogen functional groups attached to an aromatic ring is 1. The number of benzene rings is 1. The third-order valence-electron chi connectivity index (χ3n) is 2.17. The Morgan fingerprint density at radius 3 is 2.38 bits per heavy atom. The highest BCUT2D eigenvalue weighted by molar-refractivity contribution is 5.82. The van der Waals surface area contributed by atoms with Gasteiger partial charge in [0.2, 0.25) is 0 Å². The molecule has 0 fully saturated rings. The quantitative estimate of drug-likeness (QED) is 0.678. The summed E-state index contributed by atoms with van der Waals surface area (Å²) in [7, 11) is 0. The molecule has 3 nitrogen and oxygen atoms in total. The molecule has 3 N–H and O–H groups in total. The van der Waals surface area contributed by atoms with E-state index in [-0.39, 0.29) is 0 Å². The predicted octanol–water partition coefficient (Wildman–Crippen LogP) is 1.63. The first-order chi connectivity index (χ1) is 5.96. The fourth-order valence-electron chi connectivity index (χ4n) is 1.18. The molecule has 13 heavy (non-hydrogen) atoms. The zero-order valence-electron chi connectivity index (χ0n) is 7.74. The third kappa shape index (κ3) is 1.64. The molecule has 1 aromatic carbocycles. The van der Waals surface area contributed by atoms with Gasteiger partial charge in [-0.25, -0.2) is 0 Å². The van der Waals surface area contributed by atoms with Crippen LogP contribution in [-0.2, 0) is 10.2 Å². The maximum Gasteiger partial charge on any atom is 0.313 e. The molecule has 1 aromatic rings. The first-order valence-corrected chi connectivity index (χ1v) is 4.04. The van der Waals surface area contributed by atoms with E-state index in [9.17, 15) is 4.79 Å². The number of hydrogen-bond donors (Lipinski definition) is 2. The molecule has 0 aliphatic heterocycles. The van der Waals surface area contributed by atoms with Crippen LogP contribution in [0.15, 0.2) is 24.3 Å². The molecule has 0 unspecified atom stereocenters. The Morgan fingerprint density at radius 1 is 1.38 bits per heavy atom. The molecule has 3 heteroatoms. The van der Waals surface area contributed by atoms with Crippen LogP contribution in [-0.4, -0.2) is 11.1 Å². The van der Waals surface area contributed by atoms with Crippen molar-refractivity contribution in [3.63, 3.8) is 0 Å². The number of rotatable bonds is 2. The molecule has 0 aliphatic carbocycles. The van der Waals surface area contributed by atoms with Crippen molar-refractivity contribution in [2.45, 2.75) is 19.3 Å². The van der Waals surface area contributed by atoms with E-state index < -0.39 is 11.4 Å². The van der Waals surface area contributed by atoms with E-state index in [0.717, 1.165) is 0 Å². The highest BCUT2D eigenvalue weighted by Gasteiger charge is 2.30. The molecule has 0 spiro atoms. The number of anilines is 1. The largest absolute Gasteiger partial charge is 0.481 e. The SMILES string of the molecule is CC(C)(C(=O)O)c1ccccc1N. The Bertz CT molecular complexity index is 331. The summed E-state index contributed by atoms with van der Waals surface area (Å²) < 4.78 is 0. The van der Waals surface area contributed by atoms with Crippen LogP contribution in [0, 0.1) is 0 Å². The minimum atomic E-state index is -0.925. The summed E-state index contributed by atoms with van der Waals surface area (Å²) in [4.78, 5) is 10.9. The fraction of sp³-hybridized carbons (Fsp3) is 0.300. The Morgan fingerprint density at radius 2 is 1.92 bits per heavy atom. The summed E-state index contributed by atoms with van der Waals surface area (Å²) in [6, 6.07) is 7.02. The summed E-state index contributed by atoms with van der Waals surface area (Å²) in [5.41, 5.74) is 5.93. The predicted molar refractivity (Wildman–Crippen MR) is 51.5 cm³/mol. The number of aliphatic carboxylic acids is 1. The van der Waals surface area contributed by atoms with Crippen LogP contribution < -0.4 is 5.73 Å². The molecule has 1 rings (SSSR count). The van der Waals surface area contributed by atoms with Gasteiger partial charge in [0, 0.05) is 5.69 Å². The van der Waals surface area contributed by atoms with E-state index >= 15 is 0 Å². The molecule has 0 saturated carbocycles. The second-order valence-electron chi connectivity index (χ2n) is 3.52. The summed E-state index contributed by atoms with van der Waals surface area (Å²) in [6.45, 7) is 3.28. The summed E-state index contributed by atoms with van der Waals surface area (Å²) in [5, 5.41) is 8.96. The van der Waals surface area contributed by atoms with Crippen LogP contribution in [0.5, 0.6) is 0 Å². The van der Waals surface area contributed by atoms with Crippen molar-refractivity contribution >= 4 is 11.7 Å². The smallest absolute Gasteiger partial charge is 0.313 e. The van der Waals surface area contributed by atoms with Gasteiger partial charge >= 0.3 is 5.97 Å². The van der Waals surface area contributed by atoms with Crippen LogP contribution in [0.1, 0.15) is 19.4 Å². The zero-order valence-corrected chi connectivity index (χ0v) is 7.74. The average molecular weight is 179 g/mol. The molecular formula is C10H13NO2.